The van der Waals surface area contributed by atoms with E-state index >= 15 is 0 Å². The van der Waals surface area contributed by atoms with Crippen LogP contribution in [0.25, 0.3) is 0 Å². The van der Waals surface area contributed by atoms with Crippen LogP contribution in [0.1, 0.15) is 4.88 Å². The molecule has 20 heavy (non-hydrogen) atoms. The molecule has 0 amide bonds. The van der Waals surface area contributed by atoms with Gasteiger partial charge in [0.1, 0.15) is 0 Å². The smallest absolute Gasteiger partial charge is 0.0930 e. The number of rotatable bonds is 5. The highest BCUT2D eigenvalue weighted by molar-refractivity contribution is 7.09. The summed E-state index contributed by atoms with van der Waals surface area (Å²) in [5.74, 6) is 0. The van der Waals surface area contributed by atoms with Gasteiger partial charge in [0, 0.05) is 43.8 Å². The van der Waals surface area contributed by atoms with Crippen LogP contribution in [0.2, 0.25) is 5.02 Å². The van der Waals surface area contributed by atoms with Crippen molar-refractivity contribution in [3.8, 4) is 0 Å². The fourth-order valence-corrected chi connectivity index (χ4v) is 3.35. The van der Waals surface area contributed by atoms with Crippen molar-refractivity contribution in [2.24, 2.45) is 0 Å². The van der Waals surface area contributed by atoms with Crippen molar-refractivity contribution >= 4 is 22.9 Å². The van der Waals surface area contributed by atoms with Crippen molar-refractivity contribution in [3.63, 3.8) is 0 Å². The molecular formula is C14H19ClN4S. The Balaban J connectivity index is 1.40. The summed E-state index contributed by atoms with van der Waals surface area (Å²) in [7, 11) is 0. The van der Waals surface area contributed by atoms with E-state index in [0.29, 0.717) is 5.02 Å². The monoisotopic (exact) mass is 310 g/mol. The number of piperazine rings is 1. The number of nitrogens with zero attached hydrogens (tertiary/aromatic N) is 4. The summed E-state index contributed by atoms with van der Waals surface area (Å²) in [6.07, 6.45) is 4.75. The summed E-state index contributed by atoms with van der Waals surface area (Å²) >= 11 is 7.74. The molecule has 1 aliphatic heterocycles. The van der Waals surface area contributed by atoms with E-state index in [2.05, 4.69) is 32.4 Å². The van der Waals surface area contributed by atoms with Gasteiger partial charge in [0.05, 0.1) is 17.9 Å². The van der Waals surface area contributed by atoms with Crippen molar-refractivity contribution in [2.75, 3.05) is 32.7 Å². The Hall–Kier alpha value is -0.880. The van der Waals surface area contributed by atoms with Crippen molar-refractivity contribution in [1.82, 2.24) is 19.6 Å². The van der Waals surface area contributed by atoms with Crippen LogP contribution in [0.3, 0.4) is 0 Å². The van der Waals surface area contributed by atoms with E-state index in [1.807, 2.05) is 22.2 Å². The maximum atomic E-state index is 5.88. The minimum atomic E-state index is 0.708. The minimum Gasteiger partial charge on any atom is -0.300 e. The van der Waals surface area contributed by atoms with Crippen molar-refractivity contribution in [1.29, 1.82) is 0 Å². The van der Waals surface area contributed by atoms with Gasteiger partial charge in [0.15, 0.2) is 0 Å². The quantitative estimate of drug-likeness (QED) is 0.847. The molecule has 0 unspecified atom stereocenters. The van der Waals surface area contributed by atoms with E-state index in [-0.39, 0.29) is 0 Å². The first-order valence-electron chi connectivity index (χ1n) is 6.95. The number of hydrogen-bond acceptors (Lipinski definition) is 4. The van der Waals surface area contributed by atoms with Crippen LogP contribution >= 0.6 is 22.9 Å². The summed E-state index contributed by atoms with van der Waals surface area (Å²) in [5, 5.41) is 7.09. The zero-order valence-electron chi connectivity index (χ0n) is 11.4. The Kier molecular flexibility index (Phi) is 4.73. The van der Waals surface area contributed by atoms with Crippen LogP contribution in [0.15, 0.2) is 29.9 Å². The molecule has 3 heterocycles. The second-order valence-corrected chi connectivity index (χ2v) is 6.60. The lowest BCUT2D eigenvalue weighted by atomic mass is 10.3. The molecule has 3 rings (SSSR count). The van der Waals surface area contributed by atoms with Gasteiger partial charge < -0.3 is 4.90 Å². The fourth-order valence-electron chi connectivity index (χ4n) is 2.50. The third kappa shape index (κ3) is 3.82. The molecule has 0 spiro atoms. The largest absolute Gasteiger partial charge is 0.300 e. The van der Waals surface area contributed by atoms with E-state index in [0.717, 1.165) is 32.8 Å². The Bertz CT molecular complexity index is 517. The lowest BCUT2D eigenvalue weighted by Crippen LogP contribution is -2.47. The fraction of sp³-hybridized carbons (Fsp3) is 0.500. The third-order valence-corrected chi connectivity index (χ3v) is 4.80. The average Bonchev–Trinajstić information content (AvgIpc) is 3.10. The van der Waals surface area contributed by atoms with Gasteiger partial charge in [-0.3, -0.25) is 9.58 Å². The van der Waals surface area contributed by atoms with E-state index in [1.165, 1.54) is 17.8 Å². The molecule has 0 N–H and O–H groups in total. The standard InChI is InChI=1S/C14H19ClN4S/c15-13-10-16-19(11-13)12-18-7-5-17(6-8-18)4-3-14-2-1-9-20-14/h1-2,9-11H,3-8,12H2. The van der Waals surface area contributed by atoms with Crippen LogP contribution < -0.4 is 0 Å². The van der Waals surface area contributed by atoms with Crippen molar-refractivity contribution in [3.05, 3.63) is 39.8 Å². The first kappa shape index (κ1) is 14.1. The maximum Gasteiger partial charge on any atom is 0.0930 e. The molecule has 4 nitrogen and oxygen atoms in total. The second-order valence-electron chi connectivity index (χ2n) is 5.13. The Morgan fingerprint density at radius 2 is 2.00 bits per heavy atom. The average molecular weight is 311 g/mol. The number of halogens is 1. The summed E-state index contributed by atoms with van der Waals surface area (Å²) in [6.45, 7) is 6.48. The van der Waals surface area contributed by atoms with E-state index in [9.17, 15) is 0 Å². The van der Waals surface area contributed by atoms with Gasteiger partial charge in [-0.2, -0.15) is 5.10 Å². The molecule has 0 atom stereocenters. The number of thiophene rings is 1. The van der Waals surface area contributed by atoms with Crippen LogP contribution in [0.4, 0.5) is 0 Å². The van der Waals surface area contributed by atoms with Gasteiger partial charge in [-0.05, 0) is 17.9 Å². The van der Waals surface area contributed by atoms with Gasteiger partial charge in [-0.15, -0.1) is 11.3 Å². The highest BCUT2D eigenvalue weighted by Gasteiger charge is 2.17. The molecule has 6 heteroatoms. The first-order valence-corrected chi connectivity index (χ1v) is 8.20. The van der Waals surface area contributed by atoms with E-state index < -0.39 is 0 Å². The molecule has 0 radical (unpaired) electrons. The normalized spacial score (nSPS) is 17.6. The molecule has 108 valence electrons. The SMILES string of the molecule is Clc1cnn(CN2CCN(CCc3cccs3)CC2)c1. The predicted octanol–water partition coefficient (Wildman–Crippen LogP) is 2.42. The topological polar surface area (TPSA) is 24.3 Å². The third-order valence-electron chi connectivity index (χ3n) is 3.67. The Morgan fingerprint density at radius 3 is 2.65 bits per heavy atom. The molecule has 1 aliphatic rings. The van der Waals surface area contributed by atoms with E-state index in [4.69, 9.17) is 11.6 Å². The number of hydrogen-bond donors (Lipinski definition) is 0. The Morgan fingerprint density at radius 1 is 1.20 bits per heavy atom. The molecule has 0 saturated carbocycles. The highest BCUT2D eigenvalue weighted by Crippen LogP contribution is 2.11. The molecule has 2 aromatic rings. The maximum absolute atomic E-state index is 5.88. The van der Waals surface area contributed by atoms with Gasteiger partial charge in [0.25, 0.3) is 0 Å². The molecule has 1 fully saturated rings. The zero-order valence-corrected chi connectivity index (χ0v) is 13.0. The van der Waals surface area contributed by atoms with Crippen molar-refractivity contribution < 1.29 is 0 Å². The summed E-state index contributed by atoms with van der Waals surface area (Å²) in [6, 6.07) is 4.36. The summed E-state index contributed by atoms with van der Waals surface area (Å²) < 4.78 is 1.91. The predicted molar refractivity (Wildman–Crippen MR) is 83.3 cm³/mol. The van der Waals surface area contributed by atoms with Crippen LogP contribution in [0.5, 0.6) is 0 Å². The lowest BCUT2D eigenvalue weighted by molar-refractivity contribution is 0.104. The second kappa shape index (κ2) is 6.72. The Labute approximate surface area is 128 Å². The van der Waals surface area contributed by atoms with Crippen molar-refractivity contribution in [2.45, 2.75) is 13.1 Å². The first-order chi connectivity index (χ1) is 9.79. The highest BCUT2D eigenvalue weighted by atomic mass is 35.5. The van der Waals surface area contributed by atoms with E-state index in [1.54, 1.807) is 6.20 Å². The lowest BCUT2D eigenvalue weighted by Gasteiger charge is -2.34. The summed E-state index contributed by atoms with van der Waals surface area (Å²) in [4.78, 5) is 6.45. The van der Waals surface area contributed by atoms with Gasteiger partial charge in [0.2, 0.25) is 0 Å². The number of aromatic nitrogens is 2. The molecule has 2 aromatic heterocycles. The van der Waals surface area contributed by atoms with Gasteiger partial charge in [-0.1, -0.05) is 17.7 Å². The van der Waals surface area contributed by atoms with Crippen LogP contribution in [-0.4, -0.2) is 52.3 Å². The van der Waals surface area contributed by atoms with Gasteiger partial charge in [-0.25, -0.2) is 0 Å². The molecule has 0 bridgehead atoms. The van der Waals surface area contributed by atoms with Gasteiger partial charge >= 0.3 is 0 Å². The summed E-state index contributed by atoms with van der Waals surface area (Å²) in [5.41, 5.74) is 0. The zero-order chi connectivity index (χ0) is 13.8. The van der Waals surface area contributed by atoms with Crippen LogP contribution in [-0.2, 0) is 13.1 Å². The van der Waals surface area contributed by atoms with Crippen LogP contribution in [0, 0.1) is 0 Å². The minimum absolute atomic E-state index is 0.708. The molecular weight excluding hydrogens is 292 g/mol. The molecule has 1 saturated heterocycles. The molecule has 0 aliphatic carbocycles. The molecule has 0 aromatic carbocycles.